The van der Waals surface area contributed by atoms with Crippen molar-refractivity contribution in [2.45, 2.75) is 6.92 Å². The first-order chi connectivity index (χ1) is 9.54. The molecule has 0 unspecified atom stereocenters. The molecule has 0 radical (unpaired) electrons. The van der Waals surface area contributed by atoms with Gasteiger partial charge in [0.05, 0.1) is 25.3 Å². The molecule has 0 aromatic rings. The van der Waals surface area contributed by atoms with Crippen molar-refractivity contribution in [3.8, 4) is 0 Å². The number of methoxy groups -OCH3 is 1. The third-order valence-corrected chi connectivity index (χ3v) is 2.10. The number of rotatable bonds is 5. The summed E-state index contributed by atoms with van der Waals surface area (Å²) in [7, 11) is 1.23. The summed E-state index contributed by atoms with van der Waals surface area (Å²) in [5, 5.41) is 7.34. The first-order valence-corrected chi connectivity index (χ1v) is 5.77. The Bertz CT molecular complexity index is 527. The Hall–Kier alpha value is -2.63. The summed E-state index contributed by atoms with van der Waals surface area (Å²) in [4.78, 5) is 22.7. The molecular weight excluding hydrogens is 260 g/mol. The van der Waals surface area contributed by atoms with Crippen LogP contribution < -0.4 is 0 Å². The Morgan fingerprint density at radius 3 is 2.90 bits per heavy atom. The highest BCUT2D eigenvalue weighted by Crippen LogP contribution is 2.11. The van der Waals surface area contributed by atoms with E-state index in [-0.39, 0.29) is 12.2 Å². The fraction of sp³-hybridized carbons (Fsp3) is 0.214. The van der Waals surface area contributed by atoms with E-state index in [0.29, 0.717) is 5.71 Å². The van der Waals surface area contributed by atoms with Crippen molar-refractivity contribution in [2.75, 3.05) is 13.7 Å². The molecule has 6 nitrogen and oxygen atoms in total. The quantitative estimate of drug-likeness (QED) is 0.250. The molecular formula is C14H15N2O4+. The Balaban J connectivity index is 2.78. The van der Waals surface area contributed by atoms with Crippen LogP contribution in [0.15, 0.2) is 46.2 Å². The maximum absolute atomic E-state index is 11.9. The van der Waals surface area contributed by atoms with E-state index in [1.807, 2.05) is 0 Å². The highest BCUT2D eigenvalue weighted by molar-refractivity contribution is 6.26. The molecule has 0 aromatic heterocycles. The summed E-state index contributed by atoms with van der Waals surface area (Å²) >= 11 is 0. The minimum Gasteiger partial charge on any atom is -0.465 e. The zero-order valence-corrected chi connectivity index (χ0v) is 11.3. The third-order valence-electron chi connectivity index (χ3n) is 2.10. The highest BCUT2D eigenvalue weighted by atomic mass is 16.5. The van der Waals surface area contributed by atoms with E-state index in [2.05, 4.69) is 21.5 Å². The van der Waals surface area contributed by atoms with E-state index in [1.54, 1.807) is 31.6 Å². The van der Waals surface area contributed by atoms with Crippen LogP contribution in [0.4, 0.5) is 0 Å². The smallest absolute Gasteiger partial charge is 0.398 e. The molecule has 0 saturated carbocycles. The van der Waals surface area contributed by atoms with Gasteiger partial charge in [0, 0.05) is 6.42 Å². The molecule has 0 amide bonds. The van der Waals surface area contributed by atoms with Crippen molar-refractivity contribution in [1.29, 1.82) is 0 Å². The van der Waals surface area contributed by atoms with Crippen LogP contribution in [0, 0.1) is 6.42 Å². The van der Waals surface area contributed by atoms with Crippen LogP contribution in [0.1, 0.15) is 6.92 Å². The van der Waals surface area contributed by atoms with Gasteiger partial charge in [-0.1, -0.05) is 6.58 Å². The largest absolute Gasteiger partial charge is 0.465 e. The Kier molecular flexibility index (Phi) is 5.96. The summed E-state index contributed by atoms with van der Waals surface area (Å²) in [6, 6.07) is 0. The predicted molar refractivity (Wildman–Crippen MR) is 75.2 cm³/mol. The molecule has 0 fully saturated rings. The zero-order valence-electron chi connectivity index (χ0n) is 11.3. The Labute approximate surface area is 117 Å². The van der Waals surface area contributed by atoms with Crippen molar-refractivity contribution >= 4 is 23.9 Å². The van der Waals surface area contributed by atoms with Crippen LogP contribution in [0.2, 0.25) is 0 Å². The Morgan fingerprint density at radius 2 is 2.25 bits per heavy atom. The summed E-state index contributed by atoms with van der Waals surface area (Å²) in [5.74, 6) is -1.16. The third kappa shape index (κ3) is 4.93. The molecule has 20 heavy (non-hydrogen) atoms. The number of carbonyl (C=O) groups excluding carboxylic acids is 2. The van der Waals surface area contributed by atoms with E-state index in [4.69, 9.17) is 4.74 Å². The van der Waals surface area contributed by atoms with Gasteiger partial charge in [0.25, 0.3) is 0 Å². The molecule has 0 heterocycles. The molecule has 1 rings (SSSR count). The van der Waals surface area contributed by atoms with Gasteiger partial charge in [-0.15, -0.1) is 10.2 Å². The summed E-state index contributed by atoms with van der Waals surface area (Å²) in [6.45, 7) is 5.54. The molecule has 1 aliphatic rings. The van der Waals surface area contributed by atoms with Gasteiger partial charge in [-0.25, -0.2) is 9.59 Å². The summed E-state index contributed by atoms with van der Waals surface area (Å²) < 4.78 is 9.42. The lowest BCUT2D eigenvalue weighted by Crippen LogP contribution is -2.17. The topological polar surface area (TPSA) is 77.3 Å². The van der Waals surface area contributed by atoms with E-state index in [0.717, 1.165) is 11.8 Å². The van der Waals surface area contributed by atoms with E-state index < -0.39 is 11.9 Å². The van der Waals surface area contributed by atoms with Gasteiger partial charge in [0.15, 0.2) is 5.57 Å². The number of hydrogen-bond acceptors (Lipinski definition) is 6. The first kappa shape index (κ1) is 15.4. The SMILES string of the molecule is C=C(C)COC(=O)C1=C[CH+]C=C/C1=N\N=CC(=O)OC. The van der Waals surface area contributed by atoms with E-state index in [1.165, 1.54) is 7.11 Å². The predicted octanol–water partition coefficient (Wildman–Crippen LogP) is 1.41. The number of esters is 2. The van der Waals surface area contributed by atoms with Gasteiger partial charge in [-0.3, -0.25) is 0 Å². The van der Waals surface area contributed by atoms with E-state index >= 15 is 0 Å². The normalized spacial score (nSPS) is 15.7. The van der Waals surface area contributed by atoms with Gasteiger partial charge in [-0.05, 0) is 12.5 Å². The lowest BCUT2D eigenvalue weighted by molar-refractivity contribution is -0.137. The minimum atomic E-state index is -0.629. The zero-order chi connectivity index (χ0) is 15.0. The average molecular weight is 275 g/mol. The lowest BCUT2D eigenvalue weighted by Gasteiger charge is -2.04. The number of nitrogens with zero attached hydrogens (tertiary/aromatic N) is 2. The van der Waals surface area contributed by atoms with Gasteiger partial charge in [-0.2, -0.15) is 0 Å². The average Bonchev–Trinajstić information content (AvgIpc) is 2.45. The summed E-state index contributed by atoms with van der Waals surface area (Å²) in [6.07, 6.45) is 7.44. The van der Waals surface area contributed by atoms with Gasteiger partial charge in [0.1, 0.15) is 12.8 Å². The maximum atomic E-state index is 11.9. The van der Waals surface area contributed by atoms with Crippen molar-refractivity contribution in [3.05, 3.63) is 42.4 Å². The summed E-state index contributed by atoms with van der Waals surface area (Å²) in [5.41, 5.74) is 1.30. The first-order valence-electron chi connectivity index (χ1n) is 5.77. The molecule has 104 valence electrons. The van der Waals surface area contributed by atoms with Crippen LogP contribution in [0.25, 0.3) is 0 Å². The highest BCUT2D eigenvalue weighted by Gasteiger charge is 2.26. The van der Waals surface area contributed by atoms with Crippen LogP contribution in [-0.4, -0.2) is 37.6 Å². The number of hydrogen-bond donors (Lipinski definition) is 0. The standard InChI is InChI=1S/C14H15N2O4/c1-10(2)9-20-14(18)11-6-4-5-7-12(11)16-15-8-13(17)19-3/h4-8H,1,9H2,2-3H3/q+1/b15-8?,16-12+. The van der Waals surface area contributed by atoms with Crippen LogP contribution in [0.3, 0.4) is 0 Å². The fourth-order valence-electron chi connectivity index (χ4n) is 1.19. The second-order valence-corrected chi connectivity index (χ2v) is 3.92. The number of carbonyl (C=O) groups is 2. The molecule has 6 heteroatoms. The number of allylic oxidation sites excluding steroid dienone is 3. The molecule has 1 aliphatic carbocycles. The minimum absolute atomic E-state index is 0.137. The van der Waals surface area contributed by atoms with E-state index in [9.17, 15) is 9.59 Å². The maximum Gasteiger partial charge on any atom is 0.398 e. The molecule has 0 N–H and O–H groups in total. The second-order valence-electron chi connectivity index (χ2n) is 3.92. The van der Waals surface area contributed by atoms with Gasteiger partial charge < -0.3 is 9.47 Å². The van der Waals surface area contributed by atoms with Gasteiger partial charge >= 0.3 is 11.9 Å². The molecule has 0 spiro atoms. The van der Waals surface area contributed by atoms with Crippen LogP contribution in [-0.2, 0) is 19.1 Å². The molecule has 0 aromatic carbocycles. The van der Waals surface area contributed by atoms with Crippen molar-refractivity contribution in [1.82, 2.24) is 0 Å². The monoisotopic (exact) mass is 275 g/mol. The van der Waals surface area contributed by atoms with Crippen LogP contribution in [0.5, 0.6) is 0 Å². The molecule has 0 saturated heterocycles. The Morgan fingerprint density at radius 1 is 1.50 bits per heavy atom. The van der Waals surface area contributed by atoms with Gasteiger partial charge in [0.2, 0.25) is 5.71 Å². The fourth-order valence-corrected chi connectivity index (χ4v) is 1.19. The molecule has 0 bridgehead atoms. The molecule has 0 atom stereocenters. The van der Waals surface area contributed by atoms with Crippen molar-refractivity contribution in [3.63, 3.8) is 0 Å². The second kappa shape index (κ2) is 7.73. The number of ether oxygens (including phenoxy) is 2. The van der Waals surface area contributed by atoms with Crippen molar-refractivity contribution < 1.29 is 19.1 Å². The lowest BCUT2D eigenvalue weighted by atomic mass is 10.0. The molecule has 0 aliphatic heterocycles. The van der Waals surface area contributed by atoms with Crippen molar-refractivity contribution in [2.24, 2.45) is 10.2 Å². The van der Waals surface area contributed by atoms with Crippen LogP contribution >= 0.6 is 0 Å².